The van der Waals surface area contributed by atoms with Crippen LogP contribution in [0.15, 0.2) is 30.5 Å². The molecule has 1 aliphatic rings. The lowest BCUT2D eigenvalue weighted by Crippen LogP contribution is -2.12. The summed E-state index contributed by atoms with van der Waals surface area (Å²) in [5, 5.41) is 0. The van der Waals surface area contributed by atoms with E-state index in [4.69, 9.17) is 9.47 Å². The molecule has 0 radical (unpaired) electrons. The van der Waals surface area contributed by atoms with Gasteiger partial charge in [0, 0.05) is 17.3 Å². The van der Waals surface area contributed by atoms with Crippen LogP contribution in [0.2, 0.25) is 0 Å². The van der Waals surface area contributed by atoms with Crippen LogP contribution < -0.4 is 9.47 Å². The van der Waals surface area contributed by atoms with Gasteiger partial charge >= 0.3 is 0 Å². The van der Waals surface area contributed by atoms with Crippen LogP contribution in [0, 0.1) is 6.92 Å². The molecule has 0 atom stereocenters. The van der Waals surface area contributed by atoms with E-state index in [0.717, 1.165) is 28.3 Å². The molecule has 1 aromatic heterocycles. The molecular weight excluding hydrogens is 262 g/mol. The number of benzene rings is 1. The Kier molecular flexibility index (Phi) is 3.82. The van der Waals surface area contributed by atoms with Crippen molar-refractivity contribution < 1.29 is 9.47 Å². The molecule has 0 bridgehead atoms. The second kappa shape index (κ2) is 5.76. The van der Waals surface area contributed by atoms with Crippen LogP contribution in [-0.4, -0.2) is 19.2 Å². The van der Waals surface area contributed by atoms with Crippen molar-refractivity contribution in [1.82, 2.24) is 4.98 Å². The predicted octanol–water partition coefficient (Wildman–Crippen LogP) is 4.34. The minimum absolute atomic E-state index is 0.564. The molecule has 1 saturated carbocycles. The molecule has 3 rings (SSSR count). The molecule has 0 amide bonds. The van der Waals surface area contributed by atoms with Gasteiger partial charge in [0.2, 0.25) is 0 Å². The number of methoxy groups -OCH3 is 2. The van der Waals surface area contributed by atoms with Gasteiger partial charge in [-0.2, -0.15) is 0 Å². The third-order valence-corrected chi connectivity index (χ3v) is 4.34. The largest absolute Gasteiger partial charge is 0.496 e. The van der Waals surface area contributed by atoms with Crippen molar-refractivity contribution in [1.29, 1.82) is 0 Å². The number of rotatable bonds is 4. The summed E-state index contributed by atoms with van der Waals surface area (Å²) < 4.78 is 11.3. The fourth-order valence-electron chi connectivity index (χ4n) is 2.96. The number of aromatic nitrogens is 1. The van der Waals surface area contributed by atoms with E-state index >= 15 is 0 Å². The molecule has 0 saturated heterocycles. The van der Waals surface area contributed by atoms with Crippen LogP contribution in [0.4, 0.5) is 0 Å². The van der Waals surface area contributed by atoms with E-state index in [1.807, 2.05) is 12.3 Å². The van der Waals surface area contributed by atoms with E-state index in [1.54, 1.807) is 14.2 Å². The number of hydrogen-bond donors (Lipinski definition) is 0. The maximum atomic E-state index is 5.64. The van der Waals surface area contributed by atoms with Crippen molar-refractivity contribution in [3.8, 4) is 22.8 Å². The van der Waals surface area contributed by atoms with Crippen LogP contribution in [0.5, 0.6) is 11.5 Å². The Morgan fingerprint density at radius 1 is 1.10 bits per heavy atom. The lowest BCUT2D eigenvalue weighted by Gasteiger charge is -2.29. The zero-order valence-electron chi connectivity index (χ0n) is 12.8. The second-order valence-corrected chi connectivity index (χ2v) is 5.59. The summed E-state index contributed by atoms with van der Waals surface area (Å²) >= 11 is 0. The van der Waals surface area contributed by atoms with Crippen LogP contribution in [0.3, 0.4) is 0 Å². The highest BCUT2D eigenvalue weighted by Crippen LogP contribution is 2.47. The number of ether oxygens (including phenoxy) is 2. The number of hydrogen-bond acceptors (Lipinski definition) is 3. The van der Waals surface area contributed by atoms with Crippen molar-refractivity contribution in [2.24, 2.45) is 0 Å². The maximum Gasteiger partial charge on any atom is 0.126 e. The Hall–Kier alpha value is -2.03. The number of aryl methyl sites for hydroxylation is 1. The summed E-state index contributed by atoms with van der Waals surface area (Å²) in [6, 6.07) is 8.20. The molecule has 2 aromatic rings. The molecule has 0 spiro atoms. The number of pyridine rings is 1. The smallest absolute Gasteiger partial charge is 0.126 e. The SMILES string of the molecule is COc1cc(-c2ncccc2C)cc(OC)c1C1CCC1. The van der Waals surface area contributed by atoms with Gasteiger partial charge in [-0.25, -0.2) is 0 Å². The van der Waals surface area contributed by atoms with Gasteiger partial charge in [-0.15, -0.1) is 0 Å². The molecule has 1 aliphatic carbocycles. The van der Waals surface area contributed by atoms with Crippen molar-refractivity contribution in [2.45, 2.75) is 32.1 Å². The topological polar surface area (TPSA) is 31.4 Å². The first kappa shape index (κ1) is 13.9. The quantitative estimate of drug-likeness (QED) is 0.836. The van der Waals surface area contributed by atoms with Gasteiger partial charge in [0.15, 0.2) is 0 Å². The normalized spacial score (nSPS) is 14.6. The van der Waals surface area contributed by atoms with Crippen LogP contribution in [-0.2, 0) is 0 Å². The summed E-state index contributed by atoms with van der Waals surface area (Å²) in [5.41, 5.74) is 4.39. The van der Waals surface area contributed by atoms with Gasteiger partial charge in [-0.1, -0.05) is 12.5 Å². The predicted molar refractivity (Wildman–Crippen MR) is 84.1 cm³/mol. The first-order valence-corrected chi connectivity index (χ1v) is 7.42. The molecule has 0 N–H and O–H groups in total. The lowest BCUT2D eigenvalue weighted by atomic mass is 9.78. The molecule has 3 heteroatoms. The average Bonchev–Trinajstić information content (AvgIpc) is 2.46. The van der Waals surface area contributed by atoms with Gasteiger partial charge in [0.05, 0.1) is 19.9 Å². The fraction of sp³-hybridized carbons (Fsp3) is 0.389. The monoisotopic (exact) mass is 283 g/mol. The average molecular weight is 283 g/mol. The summed E-state index contributed by atoms with van der Waals surface area (Å²) in [4.78, 5) is 4.50. The lowest BCUT2D eigenvalue weighted by molar-refractivity contribution is 0.347. The fourth-order valence-corrected chi connectivity index (χ4v) is 2.96. The molecule has 1 heterocycles. The van der Waals surface area contributed by atoms with Crippen LogP contribution in [0.1, 0.15) is 36.3 Å². The van der Waals surface area contributed by atoms with Crippen LogP contribution in [0.25, 0.3) is 11.3 Å². The summed E-state index contributed by atoms with van der Waals surface area (Å²) in [6.45, 7) is 2.07. The molecule has 110 valence electrons. The molecule has 1 aromatic carbocycles. The minimum atomic E-state index is 0.564. The van der Waals surface area contributed by atoms with E-state index in [2.05, 4.69) is 30.1 Å². The van der Waals surface area contributed by atoms with E-state index < -0.39 is 0 Å². The van der Waals surface area contributed by atoms with Gasteiger partial charge in [-0.05, 0) is 49.4 Å². The second-order valence-electron chi connectivity index (χ2n) is 5.59. The van der Waals surface area contributed by atoms with Gasteiger partial charge < -0.3 is 9.47 Å². The Balaban J connectivity index is 2.13. The first-order chi connectivity index (χ1) is 10.2. The Morgan fingerprint density at radius 3 is 2.24 bits per heavy atom. The molecule has 21 heavy (non-hydrogen) atoms. The summed E-state index contributed by atoms with van der Waals surface area (Å²) in [7, 11) is 3.46. The zero-order chi connectivity index (χ0) is 14.8. The van der Waals surface area contributed by atoms with Gasteiger partial charge in [0.25, 0.3) is 0 Å². The Labute approximate surface area is 125 Å². The van der Waals surface area contributed by atoms with E-state index in [1.165, 1.54) is 24.8 Å². The van der Waals surface area contributed by atoms with E-state index in [-0.39, 0.29) is 0 Å². The molecule has 3 nitrogen and oxygen atoms in total. The van der Waals surface area contributed by atoms with Crippen molar-refractivity contribution in [3.05, 3.63) is 41.6 Å². The molecule has 0 aliphatic heterocycles. The third kappa shape index (κ3) is 2.48. The molecule has 1 fully saturated rings. The highest BCUT2D eigenvalue weighted by molar-refractivity contribution is 5.69. The summed E-state index contributed by atoms with van der Waals surface area (Å²) in [6.07, 6.45) is 5.54. The van der Waals surface area contributed by atoms with Crippen molar-refractivity contribution >= 4 is 0 Å². The van der Waals surface area contributed by atoms with E-state index in [9.17, 15) is 0 Å². The molecule has 0 unspecified atom stereocenters. The Morgan fingerprint density at radius 2 is 1.76 bits per heavy atom. The third-order valence-electron chi connectivity index (χ3n) is 4.34. The Bertz CT molecular complexity index is 622. The van der Waals surface area contributed by atoms with E-state index in [0.29, 0.717) is 5.92 Å². The van der Waals surface area contributed by atoms with Crippen molar-refractivity contribution in [2.75, 3.05) is 14.2 Å². The maximum absolute atomic E-state index is 5.64. The minimum Gasteiger partial charge on any atom is -0.496 e. The highest BCUT2D eigenvalue weighted by atomic mass is 16.5. The standard InChI is InChI=1S/C18H21NO2/c1-12-6-5-9-19-18(12)14-10-15(20-2)17(13-7-4-8-13)16(11-14)21-3/h5-6,9-11,13H,4,7-8H2,1-3H3. The van der Waals surface area contributed by atoms with Crippen LogP contribution >= 0.6 is 0 Å². The zero-order valence-corrected chi connectivity index (χ0v) is 12.8. The van der Waals surface area contributed by atoms with Gasteiger partial charge in [0.1, 0.15) is 11.5 Å². The number of nitrogens with zero attached hydrogens (tertiary/aromatic N) is 1. The van der Waals surface area contributed by atoms with Gasteiger partial charge in [-0.3, -0.25) is 4.98 Å². The summed E-state index contributed by atoms with van der Waals surface area (Å²) in [5.74, 6) is 2.40. The first-order valence-electron chi connectivity index (χ1n) is 7.42. The molecular formula is C18H21NO2. The van der Waals surface area contributed by atoms with Crippen molar-refractivity contribution in [3.63, 3.8) is 0 Å². The highest BCUT2D eigenvalue weighted by Gasteiger charge is 2.27.